The van der Waals surface area contributed by atoms with Crippen molar-refractivity contribution in [3.8, 4) is 0 Å². The molecule has 2 aromatic carbocycles. The van der Waals surface area contributed by atoms with Gasteiger partial charge in [0.05, 0.1) is 5.41 Å². The van der Waals surface area contributed by atoms with E-state index < -0.39 is 0 Å². The highest BCUT2D eigenvalue weighted by Gasteiger charge is 2.48. The molecular weight excluding hydrogens is 320 g/mol. The molecule has 3 aromatic rings. The number of benzene rings is 2. The summed E-state index contributed by atoms with van der Waals surface area (Å²) in [5.41, 5.74) is 2.39. The maximum absolute atomic E-state index is 6.24. The van der Waals surface area contributed by atoms with Crippen LogP contribution >= 0.6 is 11.6 Å². The van der Waals surface area contributed by atoms with Gasteiger partial charge in [0.2, 0.25) is 0 Å². The molecule has 1 aliphatic rings. The number of halogens is 1. The Hall–Kier alpha value is -2.17. The summed E-state index contributed by atoms with van der Waals surface area (Å²) >= 11 is 6.24. The standard InChI is InChI=1S/C19H19ClN4/c1-23-14-21-22-18(23)19(16-8-5-9-17(20)10-16)12-24(13-19)11-15-6-3-2-4-7-15/h2-10,14H,11-13H2,1H3. The minimum atomic E-state index is -0.148. The Labute approximate surface area is 146 Å². The van der Waals surface area contributed by atoms with Crippen LogP contribution in [0.4, 0.5) is 0 Å². The van der Waals surface area contributed by atoms with Crippen molar-refractivity contribution in [2.24, 2.45) is 7.05 Å². The largest absolute Gasteiger partial charge is 0.320 e. The van der Waals surface area contributed by atoms with Gasteiger partial charge in [0, 0.05) is 31.7 Å². The Morgan fingerprint density at radius 2 is 1.88 bits per heavy atom. The summed E-state index contributed by atoms with van der Waals surface area (Å²) in [6.45, 7) is 2.77. The first-order chi connectivity index (χ1) is 11.7. The van der Waals surface area contributed by atoms with Crippen molar-refractivity contribution in [2.75, 3.05) is 13.1 Å². The predicted molar refractivity (Wildman–Crippen MR) is 95.0 cm³/mol. The molecule has 0 bridgehead atoms. The summed E-state index contributed by atoms with van der Waals surface area (Å²) in [4.78, 5) is 2.44. The summed E-state index contributed by atoms with van der Waals surface area (Å²) in [6, 6.07) is 18.7. The van der Waals surface area contributed by atoms with Gasteiger partial charge in [0.1, 0.15) is 12.2 Å². The van der Waals surface area contributed by atoms with Crippen LogP contribution in [0.5, 0.6) is 0 Å². The smallest absolute Gasteiger partial charge is 0.145 e. The molecule has 0 atom stereocenters. The lowest BCUT2D eigenvalue weighted by molar-refractivity contribution is 0.0769. The first kappa shape index (κ1) is 15.4. The highest BCUT2D eigenvalue weighted by molar-refractivity contribution is 6.30. The second-order valence-electron chi connectivity index (χ2n) is 6.49. The molecule has 4 rings (SSSR count). The molecule has 1 aromatic heterocycles. The summed E-state index contributed by atoms with van der Waals surface area (Å²) in [7, 11) is 2.00. The van der Waals surface area contributed by atoms with Crippen LogP contribution in [-0.2, 0) is 19.0 Å². The molecule has 0 radical (unpaired) electrons. The minimum Gasteiger partial charge on any atom is -0.320 e. The monoisotopic (exact) mass is 338 g/mol. The van der Waals surface area contributed by atoms with Gasteiger partial charge in [-0.1, -0.05) is 54.1 Å². The van der Waals surface area contributed by atoms with Gasteiger partial charge in [-0.25, -0.2) is 0 Å². The number of hydrogen-bond acceptors (Lipinski definition) is 3. The minimum absolute atomic E-state index is 0.148. The zero-order valence-corrected chi connectivity index (χ0v) is 14.3. The van der Waals surface area contributed by atoms with E-state index in [1.807, 2.05) is 23.7 Å². The van der Waals surface area contributed by atoms with Gasteiger partial charge in [-0.2, -0.15) is 0 Å². The number of hydrogen-bond donors (Lipinski definition) is 0. The van der Waals surface area contributed by atoms with Gasteiger partial charge in [-0.15, -0.1) is 10.2 Å². The van der Waals surface area contributed by atoms with Crippen LogP contribution in [0.15, 0.2) is 60.9 Å². The molecule has 0 amide bonds. The average molecular weight is 339 g/mol. The third kappa shape index (κ3) is 2.62. The molecule has 122 valence electrons. The van der Waals surface area contributed by atoms with E-state index in [-0.39, 0.29) is 5.41 Å². The summed E-state index contributed by atoms with van der Waals surface area (Å²) in [5, 5.41) is 9.25. The molecule has 1 saturated heterocycles. The topological polar surface area (TPSA) is 34.0 Å². The van der Waals surface area contributed by atoms with Crippen molar-refractivity contribution >= 4 is 11.6 Å². The summed E-state index contributed by atoms with van der Waals surface area (Å²) in [6.07, 6.45) is 1.77. The van der Waals surface area contributed by atoms with E-state index >= 15 is 0 Å². The third-order valence-corrected chi connectivity index (χ3v) is 4.99. The first-order valence-corrected chi connectivity index (χ1v) is 8.42. The van der Waals surface area contributed by atoms with Crippen molar-refractivity contribution in [3.05, 3.63) is 82.9 Å². The van der Waals surface area contributed by atoms with Gasteiger partial charge >= 0.3 is 0 Å². The van der Waals surface area contributed by atoms with Gasteiger partial charge in [-0.05, 0) is 23.3 Å². The SMILES string of the molecule is Cn1cnnc1C1(c2cccc(Cl)c2)CN(Cc2ccccc2)C1. The van der Waals surface area contributed by atoms with Crippen LogP contribution < -0.4 is 0 Å². The van der Waals surface area contributed by atoms with Crippen molar-refractivity contribution in [1.82, 2.24) is 19.7 Å². The van der Waals surface area contributed by atoms with Crippen LogP contribution in [0.25, 0.3) is 0 Å². The molecular formula is C19H19ClN4. The highest BCUT2D eigenvalue weighted by Crippen LogP contribution is 2.41. The molecule has 0 N–H and O–H groups in total. The van der Waals surface area contributed by atoms with Crippen LogP contribution in [0.3, 0.4) is 0 Å². The lowest BCUT2D eigenvalue weighted by Crippen LogP contribution is -2.60. The lowest BCUT2D eigenvalue weighted by atomic mass is 9.72. The van der Waals surface area contributed by atoms with Gasteiger partial charge in [-0.3, -0.25) is 4.90 Å². The molecule has 1 fully saturated rings. The Bertz CT molecular complexity index is 837. The number of likely N-dealkylation sites (tertiary alicyclic amines) is 1. The van der Waals surface area contributed by atoms with E-state index in [0.717, 1.165) is 30.5 Å². The normalized spacial score (nSPS) is 16.8. The van der Waals surface area contributed by atoms with E-state index in [0.29, 0.717) is 0 Å². The van der Waals surface area contributed by atoms with E-state index in [1.165, 1.54) is 11.1 Å². The van der Waals surface area contributed by atoms with E-state index in [9.17, 15) is 0 Å². The van der Waals surface area contributed by atoms with Crippen molar-refractivity contribution in [1.29, 1.82) is 0 Å². The molecule has 2 heterocycles. The van der Waals surface area contributed by atoms with Crippen LogP contribution in [0, 0.1) is 0 Å². The zero-order valence-electron chi connectivity index (χ0n) is 13.6. The van der Waals surface area contributed by atoms with Crippen molar-refractivity contribution in [2.45, 2.75) is 12.0 Å². The zero-order chi connectivity index (χ0) is 16.6. The fourth-order valence-corrected chi connectivity index (χ4v) is 3.82. The second kappa shape index (κ2) is 6.04. The molecule has 4 nitrogen and oxygen atoms in total. The number of aryl methyl sites for hydroxylation is 1. The Morgan fingerprint density at radius 3 is 2.54 bits per heavy atom. The quantitative estimate of drug-likeness (QED) is 0.732. The molecule has 24 heavy (non-hydrogen) atoms. The maximum Gasteiger partial charge on any atom is 0.145 e. The van der Waals surface area contributed by atoms with Crippen molar-refractivity contribution < 1.29 is 0 Å². The Kier molecular flexibility index (Phi) is 3.87. The Balaban J connectivity index is 1.64. The van der Waals surface area contributed by atoms with Crippen molar-refractivity contribution in [3.63, 3.8) is 0 Å². The van der Waals surface area contributed by atoms with Crippen LogP contribution in [-0.4, -0.2) is 32.8 Å². The maximum atomic E-state index is 6.24. The van der Waals surface area contributed by atoms with Crippen LogP contribution in [0.2, 0.25) is 5.02 Å². The molecule has 0 unspecified atom stereocenters. The number of nitrogens with zero attached hydrogens (tertiary/aromatic N) is 4. The first-order valence-electron chi connectivity index (χ1n) is 8.04. The predicted octanol–water partition coefficient (Wildman–Crippen LogP) is 3.27. The molecule has 1 aliphatic heterocycles. The molecule has 5 heteroatoms. The van der Waals surface area contributed by atoms with E-state index in [2.05, 4.69) is 57.6 Å². The van der Waals surface area contributed by atoms with E-state index in [1.54, 1.807) is 6.33 Å². The number of rotatable bonds is 4. The number of aromatic nitrogens is 3. The van der Waals surface area contributed by atoms with Crippen LogP contribution in [0.1, 0.15) is 17.0 Å². The fourth-order valence-electron chi connectivity index (χ4n) is 3.63. The molecule has 0 aliphatic carbocycles. The average Bonchev–Trinajstić information content (AvgIpc) is 2.98. The molecule has 0 saturated carbocycles. The summed E-state index contributed by atoms with van der Waals surface area (Å²) in [5.74, 6) is 0.995. The van der Waals surface area contributed by atoms with Gasteiger partial charge in [0.15, 0.2) is 0 Å². The Morgan fingerprint density at radius 1 is 1.08 bits per heavy atom. The second-order valence-corrected chi connectivity index (χ2v) is 6.93. The van der Waals surface area contributed by atoms with Gasteiger partial charge in [0.25, 0.3) is 0 Å². The molecule has 0 spiro atoms. The van der Waals surface area contributed by atoms with Gasteiger partial charge < -0.3 is 4.57 Å². The fraction of sp³-hybridized carbons (Fsp3) is 0.263. The van der Waals surface area contributed by atoms with E-state index in [4.69, 9.17) is 11.6 Å². The lowest BCUT2D eigenvalue weighted by Gasteiger charge is -2.49. The third-order valence-electron chi connectivity index (χ3n) is 4.75. The highest BCUT2D eigenvalue weighted by atomic mass is 35.5. The summed E-state index contributed by atoms with van der Waals surface area (Å²) < 4.78 is 2.01.